The van der Waals surface area contributed by atoms with Crippen LogP contribution >= 0.6 is 0 Å². The highest BCUT2D eigenvalue weighted by Crippen LogP contribution is 2.38. The monoisotopic (exact) mass is 360 g/mol. The molecule has 132 valence electrons. The molecule has 24 heavy (non-hydrogen) atoms. The van der Waals surface area contributed by atoms with Gasteiger partial charge < -0.3 is 10.1 Å². The summed E-state index contributed by atoms with van der Waals surface area (Å²) in [7, 11) is -3.88. The van der Waals surface area contributed by atoms with E-state index in [0.29, 0.717) is 32.4 Å². The van der Waals surface area contributed by atoms with Gasteiger partial charge in [0.1, 0.15) is 5.75 Å². The van der Waals surface area contributed by atoms with Crippen LogP contribution in [0.3, 0.4) is 0 Å². The predicted molar refractivity (Wildman–Crippen MR) is 81.1 cm³/mol. The van der Waals surface area contributed by atoms with E-state index in [9.17, 15) is 22.0 Å². The van der Waals surface area contributed by atoms with Crippen LogP contribution in [0, 0.1) is 5.41 Å². The van der Waals surface area contributed by atoms with Crippen LogP contribution in [0.2, 0.25) is 0 Å². The molecule has 1 N–H and O–H groups in total. The van der Waals surface area contributed by atoms with Crippen molar-refractivity contribution < 1.29 is 26.7 Å². The molecule has 2 aliphatic rings. The van der Waals surface area contributed by atoms with Crippen LogP contribution in [0.25, 0.3) is 0 Å². The van der Waals surface area contributed by atoms with Gasteiger partial charge in [0.05, 0.1) is 10.3 Å². The number of nitrogens with one attached hydrogen (secondary N) is 1. The summed E-state index contributed by atoms with van der Waals surface area (Å²) >= 11 is 0. The number of halogens is 2. The summed E-state index contributed by atoms with van der Waals surface area (Å²) in [6.07, 6.45) is 1.84. The average molecular weight is 360 g/mol. The lowest BCUT2D eigenvalue weighted by atomic mass is 9.79. The van der Waals surface area contributed by atoms with E-state index in [1.54, 1.807) is 0 Å². The molecule has 9 heteroatoms. The predicted octanol–water partition coefficient (Wildman–Crippen LogP) is 1.58. The van der Waals surface area contributed by atoms with Gasteiger partial charge in [0, 0.05) is 25.7 Å². The van der Waals surface area contributed by atoms with E-state index >= 15 is 0 Å². The molecule has 1 atom stereocenters. The Labute approximate surface area is 138 Å². The number of carbonyl (C=O) groups excluding carboxylic acids is 1. The Morgan fingerprint density at radius 3 is 2.75 bits per heavy atom. The lowest BCUT2D eigenvalue weighted by Gasteiger charge is -2.37. The van der Waals surface area contributed by atoms with Crippen molar-refractivity contribution in [2.75, 3.05) is 19.6 Å². The number of sulfonamides is 1. The van der Waals surface area contributed by atoms with E-state index in [2.05, 4.69) is 10.1 Å². The van der Waals surface area contributed by atoms with Crippen molar-refractivity contribution in [3.8, 4) is 5.75 Å². The smallest absolute Gasteiger partial charge is 0.387 e. The normalized spacial score (nSPS) is 25.2. The number of carbonyl (C=O) groups is 1. The Balaban J connectivity index is 1.86. The topological polar surface area (TPSA) is 75.7 Å². The molecule has 0 aliphatic carbocycles. The van der Waals surface area contributed by atoms with Gasteiger partial charge in [-0.3, -0.25) is 4.79 Å². The van der Waals surface area contributed by atoms with Gasteiger partial charge in [0.25, 0.3) is 0 Å². The molecule has 2 aliphatic heterocycles. The standard InChI is InChI=1S/C15H18F2N2O4S/c16-14(17)23-11-3-1-4-12(9-11)24(21,22)19-8-2-5-15(10-19)6-7-18-13(15)20/h1,3-4,9,14H,2,5-8,10H2,(H,18,20). The van der Waals surface area contributed by atoms with Gasteiger partial charge in [-0.05, 0) is 31.4 Å². The molecule has 0 radical (unpaired) electrons. The number of hydrogen-bond donors (Lipinski definition) is 1. The van der Waals surface area contributed by atoms with Crippen molar-refractivity contribution in [2.45, 2.75) is 30.8 Å². The maximum atomic E-state index is 12.8. The number of piperidine rings is 1. The fraction of sp³-hybridized carbons (Fsp3) is 0.533. The molecule has 1 spiro atoms. The average Bonchev–Trinajstić information content (AvgIpc) is 2.87. The van der Waals surface area contributed by atoms with Gasteiger partial charge in [-0.1, -0.05) is 6.07 Å². The molecule has 2 fully saturated rings. The molecule has 3 rings (SSSR count). The minimum atomic E-state index is -3.88. The number of rotatable bonds is 4. The fourth-order valence-corrected chi connectivity index (χ4v) is 4.96. The zero-order valence-corrected chi connectivity index (χ0v) is 13.7. The number of ether oxygens (including phenoxy) is 1. The first kappa shape index (κ1) is 17.1. The Morgan fingerprint density at radius 1 is 1.29 bits per heavy atom. The van der Waals surface area contributed by atoms with Crippen molar-refractivity contribution in [3.05, 3.63) is 24.3 Å². The molecule has 0 saturated carbocycles. The van der Waals surface area contributed by atoms with Gasteiger partial charge in [-0.2, -0.15) is 13.1 Å². The lowest BCUT2D eigenvalue weighted by Crippen LogP contribution is -2.49. The second-order valence-corrected chi connectivity index (χ2v) is 8.02. The van der Waals surface area contributed by atoms with Gasteiger partial charge in [0.15, 0.2) is 0 Å². The summed E-state index contributed by atoms with van der Waals surface area (Å²) in [5.41, 5.74) is -0.678. The highest BCUT2D eigenvalue weighted by atomic mass is 32.2. The molecule has 2 saturated heterocycles. The van der Waals surface area contributed by atoms with Crippen LogP contribution in [-0.2, 0) is 14.8 Å². The second kappa shape index (κ2) is 6.29. The van der Waals surface area contributed by atoms with Crippen LogP contribution in [0.4, 0.5) is 8.78 Å². The third-order valence-corrected chi connectivity index (χ3v) is 6.42. The van der Waals surface area contributed by atoms with Crippen molar-refractivity contribution in [1.29, 1.82) is 0 Å². The molecule has 0 aromatic heterocycles. The SMILES string of the molecule is O=C1NCCC12CCCN(S(=O)(=O)c1cccc(OC(F)F)c1)C2. The molecule has 6 nitrogen and oxygen atoms in total. The Hall–Kier alpha value is -1.74. The quantitative estimate of drug-likeness (QED) is 0.885. The number of benzene rings is 1. The van der Waals surface area contributed by atoms with Crippen LogP contribution in [0.15, 0.2) is 29.2 Å². The third-order valence-electron chi connectivity index (χ3n) is 4.58. The van der Waals surface area contributed by atoms with Crippen molar-refractivity contribution in [2.24, 2.45) is 5.41 Å². The van der Waals surface area contributed by atoms with Crippen molar-refractivity contribution >= 4 is 15.9 Å². The largest absolute Gasteiger partial charge is 0.435 e. The number of nitrogens with zero attached hydrogens (tertiary/aromatic N) is 1. The first-order valence-corrected chi connectivity index (χ1v) is 9.11. The summed E-state index contributed by atoms with van der Waals surface area (Å²) in [4.78, 5) is 12.0. The summed E-state index contributed by atoms with van der Waals surface area (Å²) in [6.45, 7) is -2.06. The third kappa shape index (κ3) is 3.10. The van der Waals surface area contributed by atoms with Crippen LogP contribution in [-0.4, -0.2) is 44.9 Å². The zero-order chi connectivity index (χ0) is 17.4. The molecule has 1 amide bonds. The molecule has 1 aromatic rings. The van der Waals surface area contributed by atoms with Crippen LogP contribution in [0.5, 0.6) is 5.75 Å². The maximum Gasteiger partial charge on any atom is 0.387 e. The minimum absolute atomic E-state index is 0.112. The fourth-order valence-electron chi connectivity index (χ4n) is 3.36. The van der Waals surface area contributed by atoms with Crippen LogP contribution in [0.1, 0.15) is 19.3 Å². The molecular formula is C15H18F2N2O4S. The molecular weight excluding hydrogens is 342 g/mol. The summed E-state index contributed by atoms with van der Waals surface area (Å²) in [5.74, 6) is -0.325. The van der Waals surface area contributed by atoms with Crippen molar-refractivity contribution in [3.63, 3.8) is 0 Å². The van der Waals surface area contributed by atoms with E-state index in [1.807, 2.05) is 0 Å². The molecule has 1 aromatic carbocycles. The Kier molecular flexibility index (Phi) is 4.48. The first-order valence-electron chi connectivity index (χ1n) is 7.67. The lowest BCUT2D eigenvalue weighted by molar-refractivity contribution is -0.129. The Morgan fingerprint density at radius 2 is 2.08 bits per heavy atom. The van der Waals surface area contributed by atoms with E-state index < -0.39 is 22.0 Å². The highest BCUT2D eigenvalue weighted by molar-refractivity contribution is 7.89. The van der Waals surface area contributed by atoms with Gasteiger partial charge in [-0.15, -0.1) is 0 Å². The number of amides is 1. The summed E-state index contributed by atoms with van der Waals surface area (Å²) in [6, 6.07) is 5.04. The van der Waals surface area contributed by atoms with Gasteiger partial charge in [0.2, 0.25) is 15.9 Å². The summed E-state index contributed by atoms with van der Waals surface area (Å²) in [5, 5.41) is 2.76. The van der Waals surface area contributed by atoms with Gasteiger partial charge in [-0.25, -0.2) is 8.42 Å². The van der Waals surface area contributed by atoms with E-state index in [4.69, 9.17) is 0 Å². The van der Waals surface area contributed by atoms with E-state index in [0.717, 1.165) is 6.07 Å². The minimum Gasteiger partial charge on any atom is -0.435 e. The number of hydrogen-bond acceptors (Lipinski definition) is 4. The first-order chi connectivity index (χ1) is 11.3. The molecule has 0 bridgehead atoms. The zero-order valence-electron chi connectivity index (χ0n) is 12.9. The maximum absolute atomic E-state index is 12.8. The molecule has 2 heterocycles. The van der Waals surface area contributed by atoms with Crippen molar-refractivity contribution in [1.82, 2.24) is 9.62 Å². The van der Waals surface area contributed by atoms with Crippen LogP contribution < -0.4 is 10.1 Å². The van der Waals surface area contributed by atoms with Gasteiger partial charge >= 0.3 is 6.61 Å². The number of alkyl halides is 2. The Bertz CT molecular complexity index is 741. The molecule has 1 unspecified atom stereocenters. The summed E-state index contributed by atoms with van der Waals surface area (Å²) < 4.78 is 55.8. The highest BCUT2D eigenvalue weighted by Gasteiger charge is 2.47. The second-order valence-electron chi connectivity index (χ2n) is 6.08. The van der Waals surface area contributed by atoms with E-state index in [1.165, 1.54) is 22.5 Å². The van der Waals surface area contributed by atoms with E-state index in [-0.39, 0.29) is 23.1 Å².